The monoisotopic (exact) mass is 186 g/mol. The summed E-state index contributed by atoms with van der Waals surface area (Å²) in [5, 5.41) is 2.45. The molecule has 0 saturated heterocycles. The highest BCUT2D eigenvalue weighted by Gasteiger charge is 2.05. The molecule has 72 valence electrons. The highest BCUT2D eigenvalue weighted by molar-refractivity contribution is 5.86. The van der Waals surface area contributed by atoms with Crippen LogP contribution < -0.4 is 5.73 Å². The molecule has 0 aliphatic rings. The Labute approximate surface area is 83.8 Å². The number of nitrogens with zero attached hydrogens (tertiary/aromatic N) is 1. The van der Waals surface area contributed by atoms with Crippen LogP contribution in [0.2, 0.25) is 0 Å². The number of rotatable bonds is 1. The van der Waals surface area contributed by atoms with Crippen LogP contribution in [-0.4, -0.2) is 4.98 Å². The van der Waals surface area contributed by atoms with Crippen molar-refractivity contribution >= 4 is 10.8 Å². The van der Waals surface area contributed by atoms with Crippen LogP contribution in [0.25, 0.3) is 10.8 Å². The van der Waals surface area contributed by atoms with Crippen molar-refractivity contribution in [2.24, 2.45) is 5.73 Å². The van der Waals surface area contributed by atoms with Crippen LogP contribution in [0, 0.1) is 13.8 Å². The largest absolute Gasteiger partial charge is 0.326 e. The Morgan fingerprint density at radius 1 is 1.36 bits per heavy atom. The molecule has 0 aliphatic heterocycles. The first kappa shape index (κ1) is 9.16. The van der Waals surface area contributed by atoms with Crippen molar-refractivity contribution in [3.05, 3.63) is 41.2 Å². The zero-order chi connectivity index (χ0) is 10.1. The summed E-state index contributed by atoms with van der Waals surface area (Å²) in [7, 11) is 0. The SMILES string of the molecule is Cc1cc2cnccc2c(C)c1CN. The summed E-state index contributed by atoms with van der Waals surface area (Å²) in [5.41, 5.74) is 9.52. The fourth-order valence-corrected chi connectivity index (χ4v) is 1.96. The fraction of sp³-hybridized carbons (Fsp3) is 0.250. The molecule has 0 unspecified atom stereocenters. The molecule has 2 nitrogen and oxygen atoms in total. The van der Waals surface area contributed by atoms with Gasteiger partial charge in [0.15, 0.2) is 0 Å². The average molecular weight is 186 g/mol. The van der Waals surface area contributed by atoms with Crippen LogP contribution in [-0.2, 0) is 6.54 Å². The van der Waals surface area contributed by atoms with Crippen molar-refractivity contribution in [2.45, 2.75) is 20.4 Å². The van der Waals surface area contributed by atoms with Crippen LogP contribution in [0.1, 0.15) is 16.7 Å². The van der Waals surface area contributed by atoms with Gasteiger partial charge >= 0.3 is 0 Å². The maximum atomic E-state index is 5.73. The standard InChI is InChI=1S/C12H14N2/c1-8-5-10-7-14-4-3-11(10)9(2)12(8)6-13/h3-5,7H,6,13H2,1-2H3. The molecule has 0 fully saturated rings. The van der Waals surface area contributed by atoms with Crippen molar-refractivity contribution in [1.29, 1.82) is 0 Å². The van der Waals surface area contributed by atoms with E-state index in [9.17, 15) is 0 Å². The van der Waals surface area contributed by atoms with Crippen LogP contribution in [0.5, 0.6) is 0 Å². The Morgan fingerprint density at radius 2 is 2.14 bits per heavy atom. The maximum Gasteiger partial charge on any atom is 0.0346 e. The third-order valence-electron chi connectivity index (χ3n) is 2.76. The van der Waals surface area contributed by atoms with Gasteiger partial charge < -0.3 is 5.73 Å². The minimum Gasteiger partial charge on any atom is -0.326 e. The van der Waals surface area contributed by atoms with Gasteiger partial charge in [0.25, 0.3) is 0 Å². The Balaban J connectivity index is 2.86. The minimum absolute atomic E-state index is 0.607. The highest BCUT2D eigenvalue weighted by Crippen LogP contribution is 2.23. The normalized spacial score (nSPS) is 10.8. The molecule has 0 atom stereocenters. The van der Waals surface area contributed by atoms with Gasteiger partial charge in [-0.25, -0.2) is 0 Å². The molecule has 2 heteroatoms. The van der Waals surface area contributed by atoms with E-state index in [0.29, 0.717) is 6.54 Å². The molecule has 0 radical (unpaired) electrons. The molecule has 1 aromatic heterocycles. The smallest absolute Gasteiger partial charge is 0.0346 e. The molecular weight excluding hydrogens is 172 g/mol. The number of aryl methyl sites for hydroxylation is 2. The van der Waals surface area contributed by atoms with Crippen molar-refractivity contribution in [2.75, 3.05) is 0 Å². The topological polar surface area (TPSA) is 38.9 Å². The zero-order valence-electron chi connectivity index (χ0n) is 8.54. The molecule has 2 rings (SSSR count). The lowest BCUT2D eigenvalue weighted by atomic mass is 9.97. The van der Waals surface area contributed by atoms with E-state index in [4.69, 9.17) is 5.73 Å². The van der Waals surface area contributed by atoms with Crippen LogP contribution in [0.15, 0.2) is 24.5 Å². The van der Waals surface area contributed by atoms with Gasteiger partial charge in [0, 0.05) is 24.3 Å². The second-order valence-electron chi connectivity index (χ2n) is 3.60. The molecule has 2 aromatic rings. The van der Waals surface area contributed by atoms with Crippen LogP contribution >= 0.6 is 0 Å². The van der Waals surface area contributed by atoms with Crippen molar-refractivity contribution < 1.29 is 0 Å². The van der Waals surface area contributed by atoms with Gasteiger partial charge in [-0.2, -0.15) is 0 Å². The Morgan fingerprint density at radius 3 is 2.86 bits per heavy atom. The lowest BCUT2D eigenvalue weighted by molar-refractivity contribution is 1.03. The average Bonchev–Trinajstić information content (AvgIpc) is 2.18. The third kappa shape index (κ3) is 1.28. The Hall–Kier alpha value is -1.41. The molecule has 1 aromatic carbocycles. The summed E-state index contributed by atoms with van der Waals surface area (Å²) in [6.45, 7) is 4.83. The number of hydrogen-bond donors (Lipinski definition) is 1. The van der Waals surface area contributed by atoms with Crippen molar-refractivity contribution in [1.82, 2.24) is 4.98 Å². The summed E-state index contributed by atoms with van der Waals surface area (Å²) in [6.07, 6.45) is 3.72. The van der Waals surface area contributed by atoms with Crippen LogP contribution in [0.3, 0.4) is 0 Å². The summed E-state index contributed by atoms with van der Waals surface area (Å²) < 4.78 is 0. The number of nitrogens with two attached hydrogens (primary N) is 1. The third-order valence-corrected chi connectivity index (χ3v) is 2.76. The summed E-state index contributed by atoms with van der Waals surface area (Å²) >= 11 is 0. The summed E-state index contributed by atoms with van der Waals surface area (Å²) in [5.74, 6) is 0. The van der Waals surface area contributed by atoms with Crippen molar-refractivity contribution in [3.63, 3.8) is 0 Å². The number of aromatic nitrogens is 1. The first-order valence-electron chi connectivity index (χ1n) is 4.77. The molecule has 1 heterocycles. The van der Waals surface area contributed by atoms with E-state index in [1.807, 2.05) is 18.5 Å². The number of fused-ring (bicyclic) bond motifs is 1. The zero-order valence-corrected chi connectivity index (χ0v) is 8.54. The first-order chi connectivity index (χ1) is 6.74. The van der Waals surface area contributed by atoms with E-state index in [1.54, 1.807) is 0 Å². The molecule has 2 N–H and O–H groups in total. The molecule has 0 spiro atoms. The number of benzene rings is 1. The van der Waals surface area contributed by atoms with Crippen LogP contribution in [0.4, 0.5) is 0 Å². The van der Waals surface area contributed by atoms with Gasteiger partial charge in [-0.3, -0.25) is 4.98 Å². The predicted octanol–water partition coefficient (Wildman–Crippen LogP) is 2.31. The highest BCUT2D eigenvalue weighted by atomic mass is 14.6. The van der Waals surface area contributed by atoms with E-state index < -0.39 is 0 Å². The Kier molecular flexibility index (Phi) is 2.22. The van der Waals surface area contributed by atoms with Crippen molar-refractivity contribution in [3.8, 4) is 0 Å². The number of pyridine rings is 1. The lowest BCUT2D eigenvalue weighted by Gasteiger charge is -2.10. The lowest BCUT2D eigenvalue weighted by Crippen LogP contribution is -2.02. The first-order valence-corrected chi connectivity index (χ1v) is 4.77. The number of hydrogen-bond acceptors (Lipinski definition) is 2. The molecule has 0 saturated carbocycles. The quantitative estimate of drug-likeness (QED) is 0.742. The van der Waals surface area contributed by atoms with Gasteiger partial charge in [-0.15, -0.1) is 0 Å². The van der Waals surface area contributed by atoms with Gasteiger partial charge in [0.1, 0.15) is 0 Å². The molecule has 0 bridgehead atoms. The second kappa shape index (κ2) is 3.39. The van der Waals surface area contributed by atoms with E-state index in [2.05, 4.69) is 24.9 Å². The van der Waals surface area contributed by atoms with E-state index in [1.165, 1.54) is 27.5 Å². The maximum absolute atomic E-state index is 5.73. The summed E-state index contributed by atoms with van der Waals surface area (Å²) in [4.78, 5) is 4.12. The van der Waals surface area contributed by atoms with Gasteiger partial charge in [-0.05, 0) is 48.1 Å². The van der Waals surface area contributed by atoms with Gasteiger partial charge in [0.2, 0.25) is 0 Å². The molecule has 0 aliphatic carbocycles. The van der Waals surface area contributed by atoms with E-state index in [-0.39, 0.29) is 0 Å². The van der Waals surface area contributed by atoms with Gasteiger partial charge in [0.05, 0.1) is 0 Å². The minimum atomic E-state index is 0.607. The Bertz CT molecular complexity index is 475. The van der Waals surface area contributed by atoms with E-state index in [0.717, 1.165) is 0 Å². The van der Waals surface area contributed by atoms with E-state index >= 15 is 0 Å². The molecule has 14 heavy (non-hydrogen) atoms. The van der Waals surface area contributed by atoms with Gasteiger partial charge in [-0.1, -0.05) is 0 Å². The fourth-order valence-electron chi connectivity index (χ4n) is 1.96. The molecular formula is C12H14N2. The molecule has 0 amide bonds. The predicted molar refractivity (Wildman–Crippen MR) is 59.1 cm³/mol. The summed E-state index contributed by atoms with van der Waals surface area (Å²) in [6, 6.07) is 4.20. The second-order valence-corrected chi connectivity index (χ2v) is 3.60.